The number of anilines is 2. The van der Waals surface area contributed by atoms with Gasteiger partial charge in [0.1, 0.15) is 43.3 Å². The molecule has 1 saturated heterocycles. The van der Waals surface area contributed by atoms with Crippen LogP contribution in [0.3, 0.4) is 0 Å². The predicted molar refractivity (Wildman–Crippen MR) is 391 cm³/mol. The number of aryl methyl sites for hydroxylation is 1. The van der Waals surface area contributed by atoms with Crippen LogP contribution in [0.2, 0.25) is 0 Å². The molecule has 12 atom stereocenters. The second-order valence-electron chi connectivity index (χ2n) is 30.4. The molecule has 0 radical (unpaired) electrons. The molecular formula is C77H94N10O19S. The Morgan fingerprint density at radius 2 is 1.61 bits per heavy atom. The number of pyridine rings is 1. The zero-order valence-electron chi connectivity index (χ0n) is 60.9. The number of carbonyl (C=O) groups is 9. The summed E-state index contributed by atoms with van der Waals surface area (Å²) in [5.41, 5.74) is 4.83. The lowest BCUT2D eigenvalue weighted by atomic mass is 9.51. The third-order valence-electron chi connectivity index (χ3n) is 21.2. The van der Waals surface area contributed by atoms with Crippen LogP contribution in [0.4, 0.5) is 15.7 Å². The number of nitrogens with zero attached hydrogens (tertiary/aromatic N) is 7. The second kappa shape index (κ2) is 33.0. The van der Waals surface area contributed by atoms with Crippen molar-refractivity contribution >= 4 is 85.9 Å². The fraction of sp³-hybridized carbons (Fsp3) is 0.506. The van der Waals surface area contributed by atoms with E-state index in [4.69, 9.17) is 24.3 Å². The Bertz CT molecular complexity index is 4360. The average molecular weight is 1500 g/mol. The number of ether oxygens (including phenoxy) is 3. The minimum absolute atomic E-state index is 0.00886. The van der Waals surface area contributed by atoms with Crippen molar-refractivity contribution in [3.8, 4) is 11.1 Å². The van der Waals surface area contributed by atoms with Gasteiger partial charge in [-0.2, -0.15) is 5.10 Å². The van der Waals surface area contributed by atoms with Crippen LogP contribution in [0.1, 0.15) is 141 Å². The van der Waals surface area contributed by atoms with Gasteiger partial charge in [-0.05, 0) is 152 Å². The molecule has 0 spiro atoms. The number of carboxylic acids is 2. The van der Waals surface area contributed by atoms with E-state index in [1.165, 1.54) is 23.2 Å². The number of imide groups is 1. The maximum Gasteiger partial charge on any atom is 0.410 e. The molecule has 10 N–H and O–H groups in total. The summed E-state index contributed by atoms with van der Waals surface area (Å²) in [6, 6.07) is 19.5. The highest BCUT2D eigenvalue weighted by molar-refractivity contribution is 7.22. The van der Waals surface area contributed by atoms with Crippen LogP contribution in [0, 0.1) is 29.6 Å². The zero-order valence-corrected chi connectivity index (χ0v) is 61.8. The van der Waals surface area contributed by atoms with E-state index in [9.17, 15) is 78.9 Å². The molecule has 2 bridgehead atoms. The van der Waals surface area contributed by atoms with Crippen molar-refractivity contribution in [2.75, 3.05) is 49.6 Å². The summed E-state index contributed by atoms with van der Waals surface area (Å²) in [7, 11) is 0. The molecule has 6 amide bonds. The molecule has 5 aliphatic rings. The van der Waals surface area contributed by atoms with E-state index in [1.807, 2.05) is 59.0 Å². The summed E-state index contributed by atoms with van der Waals surface area (Å²) in [5, 5.41) is 86.7. The van der Waals surface area contributed by atoms with Gasteiger partial charge < -0.3 is 70.4 Å². The Hall–Kier alpha value is -9.40. The standard InChI is InChI=1S/C77H94N10O19S/c1-42(2)63(82-60(91)35-86-61(92)21-22-62(86)93)70(98)79-44(4)56(90)30-46-15-16-49(48(29-46)17-19-57-65(94)66(95)67(96)68(106-57)72(101)102)37-104-74(103)84(26-24-50(89)36-88)27-28-105-77-32-43(3)31-75(6,39-77)38-76(7,40-77)41-87-45(5)53(33-78-87)51-18-20-59(81-64(51)71(99)100)85-25-23-47-11-10-12-52(54(47)34-85)69(97)83-73-80-55-13-8-9-14-58(55)107-73/h8-16,18,20-22,29,33,42-44,50,57,63,65-68,88-89,94-96H,17,19,23-28,30-32,34-41H2,1-7H3,(H,79,98)(H,82,91)(H,99,100)(H,101,102)(H,80,83,97)/t43?,44-,50-,57-,63-,65-,66+,67-,68-,75?,76?,77?/m0/s1. The molecule has 11 rings (SSSR count). The molecule has 29 nitrogen and oxygen atoms in total. The summed E-state index contributed by atoms with van der Waals surface area (Å²) in [5.74, 6) is -6.12. The number of nitrogens with one attached hydrogen (secondary N) is 3. The van der Waals surface area contributed by atoms with Gasteiger partial charge in [0.2, 0.25) is 11.8 Å². The number of hydrogen-bond acceptors (Lipinski definition) is 22. The fourth-order valence-corrected chi connectivity index (χ4v) is 17.4. The van der Waals surface area contributed by atoms with Gasteiger partial charge in [0.25, 0.3) is 17.7 Å². The maximum absolute atomic E-state index is 14.4. The summed E-state index contributed by atoms with van der Waals surface area (Å²) in [6.45, 7) is 13.2. The topological polar surface area (TPSA) is 412 Å². The molecule has 3 aliphatic heterocycles. The van der Waals surface area contributed by atoms with Crippen LogP contribution in [-0.4, -0.2) is 212 Å². The monoisotopic (exact) mass is 1490 g/mol. The van der Waals surface area contributed by atoms with E-state index in [0.29, 0.717) is 76.8 Å². The lowest BCUT2D eigenvalue weighted by Crippen LogP contribution is -2.59. The molecule has 6 aromatic rings. The lowest BCUT2D eigenvalue weighted by Gasteiger charge is -2.58. The van der Waals surface area contributed by atoms with Gasteiger partial charge in [-0.15, -0.1) is 0 Å². The molecule has 2 aliphatic carbocycles. The number of benzene rings is 3. The molecule has 30 heteroatoms. The van der Waals surface area contributed by atoms with Gasteiger partial charge >= 0.3 is 18.0 Å². The first-order chi connectivity index (χ1) is 50.8. The SMILES string of the molecule is Cc1c(-c2ccc(N3CCc4cccc(C(=O)Nc5nc6ccccc6s5)c4C3)nc2C(=O)O)cnn1CC1(C)CC2(C)CC(C)CC(OCCN(CC[C@H](O)CO)C(=O)OCc3ccc(CC(=O)[C@H](C)NC(=O)[C@@H](NC(=O)CN4C(=O)C=CC4=O)C(C)C)cc3CC[C@@H]3O[C@H](C(=O)O)[C@@H](O)[C@H](O)[C@H]3O)(C2)C1. The molecule has 572 valence electrons. The number of fused-ring (bicyclic) bond motifs is 4. The Morgan fingerprint density at radius 3 is 2.33 bits per heavy atom. The Morgan fingerprint density at radius 1 is 0.850 bits per heavy atom. The van der Waals surface area contributed by atoms with Crippen molar-refractivity contribution in [3.05, 3.63) is 136 Å². The van der Waals surface area contributed by atoms with Gasteiger partial charge in [0, 0.05) is 73.7 Å². The lowest BCUT2D eigenvalue weighted by molar-refractivity contribution is -0.228. The normalized spacial score (nSPS) is 24.2. The van der Waals surface area contributed by atoms with Crippen molar-refractivity contribution in [2.45, 2.75) is 187 Å². The van der Waals surface area contributed by atoms with E-state index >= 15 is 0 Å². The molecule has 107 heavy (non-hydrogen) atoms. The van der Waals surface area contributed by atoms with E-state index in [1.54, 1.807) is 50.4 Å². The quantitative estimate of drug-likeness (QED) is 0.0242. The van der Waals surface area contributed by atoms with Gasteiger partial charge in [0.15, 0.2) is 22.7 Å². The fourth-order valence-electron chi connectivity index (χ4n) is 16.6. The number of carboxylic acid groups (broad SMARTS) is 2. The minimum Gasteiger partial charge on any atom is -0.479 e. The molecular weight excluding hydrogens is 1400 g/mol. The van der Waals surface area contributed by atoms with Crippen LogP contribution < -0.4 is 20.9 Å². The van der Waals surface area contributed by atoms with Crippen LogP contribution in [0.25, 0.3) is 21.3 Å². The Balaban J connectivity index is 0.758. The number of thiazole rings is 1. The second-order valence-corrected chi connectivity index (χ2v) is 31.4. The number of aromatic nitrogens is 4. The first-order valence-corrected chi connectivity index (χ1v) is 37.0. The van der Waals surface area contributed by atoms with Gasteiger partial charge in [-0.3, -0.25) is 43.7 Å². The maximum atomic E-state index is 14.4. The smallest absolute Gasteiger partial charge is 0.410 e. The number of aliphatic hydroxyl groups excluding tert-OH is 5. The third-order valence-corrected chi connectivity index (χ3v) is 22.2. The third kappa shape index (κ3) is 18.3. The van der Waals surface area contributed by atoms with E-state index < -0.39 is 126 Å². The number of Topliss-reactive ketones (excluding diaryl/α,β-unsaturated/α-hetero) is 1. The molecule has 6 heterocycles. The molecule has 4 unspecified atom stereocenters. The van der Waals surface area contributed by atoms with Crippen LogP contribution in [-0.2, 0) is 81.9 Å². The molecule has 3 aromatic carbocycles. The van der Waals surface area contributed by atoms with Crippen molar-refractivity contribution in [1.82, 2.24) is 40.2 Å². The zero-order chi connectivity index (χ0) is 77.0. The van der Waals surface area contributed by atoms with Gasteiger partial charge in [-0.25, -0.2) is 24.4 Å². The van der Waals surface area contributed by atoms with Crippen molar-refractivity contribution in [2.24, 2.45) is 22.7 Å². The molecule has 3 aromatic heterocycles. The number of ketones is 1. The van der Waals surface area contributed by atoms with Crippen molar-refractivity contribution < 1.29 is 93.1 Å². The summed E-state index contributed by atoms with van der Waals surface area (Å²) in [6.07, 6.45) is -2.89. The largest absolute Gasteiger partial charge is 0.479 e. The number of aliphatic hydroxyl groups is 5. The number of hydrogen-bond donors (Lipinski definition) is 10. The molecule has 3 fully saturated rings. The number of carbonyl (C=O) groups excluding carboxylic acids is 7. The Kier molecular flexibility index (Phi) is 24.3. The van der Waals surface area contributed by atoms with Crippen molar-refractivity contribution in [1.29, 1.82) is 0 Å². The van der Waals surface area contributed by atoms with E-state index in [2.05, 4.69) is 41.7 Å². The van der Waals surface area contributed by atoms with E-state index in [-0.39, 0.29) is 74.9 Å². The van der Waals surface area contributed by atoms with Crippen molar-refractivity contribution in [3.63, 3.8) is 0 Å². The van der Waals surface area contributed by atoms with Crippen LogP contribution >= 0.6 is 11.3 Å². The summed E-state index contributed by atoms with van der Waals surface area (Å²) >= 11 is 1.39. The number of para-hydroxylation sites is 1. The Labute approximate surface area is 622 Å². The first kappa shape index (κ1) is 78.7. The highest BCUT2D eigenvalue weighted by Crippen LogP contribution is 2.60. The molecule has 2 saturated carbocycles. The predicted octanol–water partition coefficient (Wildman–Crippen LogP) is 5.69. The minimum atomic E-state index is -1.94. The van der Waals surface area contributed by atoms with E-state index in [0.717, 1.165) is 69.8 Å². The summed E-state index contributed by atoms with van der Waals surface area (Å²) < 4.78 is 21.6. The average Bonchev–Trinajstić information content (AvgIpc) is 1.44. The number of rotatable bonds is 30. The summed E-state index contributed by atoms with van der Waals surface area (Å²) in [4.78, 5) is 132. The highest BCUT2D eigenvalue weighted by atomic mass is 32.1. The first-order valence-electron chi connectivity index (χ1n) is 36.2. The van der Waals surface area contributed by atoms with Crippen LogP contribution in [0.5, 0.6) is 0 Å². The van der Waals surface area contributed by atoms with Gasteiger partial charge in [0.05, 0.1) is 53.5 Å². The number of aliphatic carboxylic acids is 1. The number of amides is 6. The van der Waals surface area contributed by atoms with Gasteiger partial charge in [-0.1, -0.05) is 88.4 Å². The highest BCUT2D eigenvalue weighted by Gasteiger charge is 2.56. The van der Waals surface area contributed by atoms with Crippen LogP contribution in [0.15, 0.2) is 91.1 Å². The number of aromatic carboxylic acids is 1.